The van der Waals surface area contributed by atoms with Crippen molar-refractivity contribution >= 4 is 22.6 Å². The highest BCUT2D eigenvalue weighted by Gasteiger charge is 2.14. The molecule has 0 amide bonds. The van der Waals surface area contributed by atoms with Crippen LogP contribution in [0.1, 0.15) is 17.7 Å². The molecular formula is C13H16N2O2. The molecule has 0 fully saturated rings. The minimum atomic E-state index is -0.782. The first-order chi connectivity index (χ1) is 8.02. The van der Waals surface area contributed by atoms with E-state index in [0.29, 0.717) is 12.1 Å². The summed E-state index contributed by atoms with van der Waals surface area (Å²) in [6.07, 6.45) is 0.654. The van der Waals surface area contributed by atoms with E-state index in [9.17, 15) is 4.79 Å². The van der Waals surface area contributed by atoms with Crippen molar-refractivity contribution < 1.29 is 9.90 Å². The van der Waals surface area contributed by atoms with Crippen LogP contribution >= 0.6 is 0 Å². The molecule has 2 rings (SSSR count). The lowest BCUT2D eigenvalue weighted by molar-refractivity contribution is -0.136. The van der Waals surface area contributed by atoms with Gasteiger partial charge in [-0.05, 0) is 31.0 Å². The Labute approximate surface area is 99.7 Å². The molecule has 0 aliphatic heterocycles. The molecule has 2 aromatic rings. The van der Waals surface area contributed by atoms with E-state index in [2.05, 4.69) is 4.57 Å². The van der Waals surface area contributed by atoms with Crippen LogP contribution in [0.15, 0.2) is 18.2 Å². The summed E-state index contributed by atoms with van der Waals surface area (Å²) in [5.41, 5.74) is 9.88. The number of aromatic nitrogens is 1. The van der Waals surface area contributed by atoms with Crippen molar-refractivity contribution in [2.75, 3.05) is 5.73 Å². The number of nitrogen functional groups attached to an aromatic ring is 1. The van der Waals surface area contributed by atoms with Crippen molar-refractivity contribution in [3.05, 3.63) is 29.5 Å². The topological polar surface area (TPSA) is 68.2 Å². The zero-order chi connectivity index (χ0) is 12.6. The van der Waals surface area contributed by atoms with Gasteiger partial charge in [0.25, 0.3) is 0 Å². The molecule has 0 atom stereocenters. The molecule has 4 nitrogen and oxygen atoms in total. The van der Waals surface area contributed by atoms with Crippen LogP contribution < -0.4 is 5.73 Å². The van der Waals surface area contributed by atoms with Gasteiger partial charge in [0.15, 0.2) is 0 Å². The van der Waals surface area contributed by atoms with Crippen molar-refractivity contribution in [1.82, 2.24) is 4.57 Å². The first-order valence-corrected chi connectivity index (χ1v) is 5.56. The van der Waals surface area contributed by atoms with Crippen LogP contribution in [0.2, 0.25) is 0 Å². The highest BCUT2D eigenvalue weighted by Crippen LogP contribution is 2.30. The van der Waals surface area contributed by atoms with E-state index in [0.717, 1.165) is 22.2 Å². The summed E-state index contributed by atoms with van der Waals surface area (Å²) in [5.74, 6) is -0.782. The average Bonchev–Trinajstić information content (AvgIpc) is 2.52. The van der Waals surface area contributed by atoms with Crippen LogP contribution in [-0.4, -0.2) is 15.6 Å². The van der Waals surface area contributed by atoms with Gasteiger partial charge in [0.2, 0.25) is 0 Å². The SMILES string of the molecule is Cc1c(CCC(=O)O)c2c(N)cccc2n1C. The minimum absolute atomic E-state index is 0.133. The number of nitrogens with zero attached hydrogens (tertiary/aromatic N) is 1. The van der Waals surface area contributed by atoms with Crippen molar-refractivity contribution in [1.29, 1.82) is 0 Å². The molecule has 1 aromatic heterocycles. The second-order valence-electron chi connectivity index (χ2n) is 4.26. The number of benzene rings is 1. The fourth-order valence-corrected chi connectivity index (χ4v) is 2.27. The molecule has 17 heavy (non-hydrogen) atoms. The minimum Gasteiger partial charge on any atom is -0.481 e. The number of aryl methyl sites for hydroxylation is 2. The van der Waals surface area contributed by atoms with Gasteiger partial charge in [-0.2, -0.15) is 0 Å². The number of fused-ring (bicyclic) bond motifs is 1. The highest BCUT2D eigenvalue weighted by molar-refractivity contribution is 5.95. The molecule has 90 valence electrons. The van der Waals surface area contributed by atoms with Gasteiger partial charge in [-0.25, -0.2) is 0 Å². The molecule has 1 heterocycles. The standard InChI is InChI=1S/C13H16N2O2/c1-8-9(6-7-12(16)17)13-10(14)4-3-5-11(13)15(8)2/h3-5H,6-7,14H2,1-2H3,(H,16,17). The van der Waals surface area contributed by atoms with Gasteiger partial charge in [0.05, 0.1) is 5.52 Å². The molecule has 0 spiro atoms. The number of hydrogen-bond acceptors (Lipinski definition) is 2. The van der Waals surface area contributed by atoms with E-state index in [1.165, 1.54) is 0 Å². The molecule has 0 saturated carbocycles. The Morgan fingerprint density at radius 3 is 2.82 bits per heavy atom. The van der Waals surface area contributed by atoms with Crippen molar-refractivity contribution in [3.8, 4) is 0 Å². The largest absolute Gasteiger partial charge is 0.481 e. The second-order valence-corrected chi connectivity index (χ2v) is 4.26. The average molecular weight is 232 g/mol. The second kappa shape index (κ2) is 4.13. The van der Waals surface area contributed by atoms with Crippen LogP contribution in [-0.2, 0) is 18.3 Å². The number of rotatable bonds is 3. The summed E-state index contributed by atoms with van der Waals surface area (Å²) >= 11 is 0. The quantitative estimate of drug-likeness (QED) is 0.796. The summed E-state index contributed by atoms with van der Waals surface area (Å²) in [4.78, 5) is 10.7. The van der Waals surface area contributed by atoms with E-state index in [-0.39, 0.29) is 6.42 Å². The molecule has 0 saturated heterocycles. The van der Waals surface area contributed by atoms with Gasteiger partial charge in [0, 0.05) is 30.2 Å². The maximum absolute atomic E-state index is 10.7. The molecule has 3 N–H and O–H groups in total. The number of anilines is 1. The number of nitrogens with two attached hydrogens (primary N) is 1. The highest BCUT2D eigenvalue weighted by atomic mass is 16.4. The number of carboxylic acid groups (broad SMARTS) is 1. The predicted octanol–water partition coefficient (Wildman–Crippen LogP) is 2.09. The molecule has 0 bridgehead atoms. The van der Waals surface area contributed by atoms with E-state index >= 15 is 0 Å². The fourth-order valence-electron chi connectivity index (χ4n) is 2.27. The zero-order valence-electron chi connectivity index (χ0n) is 10.0. The third-order valence-electron chi connectivity index (χ3n) is 3.27. The van der Waals surface area contributed by atoms with E-state index < -0.39 is 5.97 Å². The van der Waals surface area contributed by atoms with E-state index in [4.69, 9.17) is 10.8 Å². The van der Waals surface area contributed by atoms with Gasteiger partial charge in [-0.15, -0.1) is 0 Å². The van der Waals surface area contributed by atoms with Crippen molar-refractivity contribution in [2.24, 2.45) is 7.05 Å². The van der Waals surface area contributed by atoms with Gasteiger partial charge in [0.1, 0.15) is 0 Å². The number of carboxylic acids is 1. The lowest BCUT2D eigenvalue weighted by Crippen LogP contribution is -1.99. The first kappa shape index (κ1) is 11.5. The van der Waals surface area contributed by atoms with Crippen LogP contribution in [0.4, 0.5) is 5.69 Å². The zero-order valence-corrected chi connectivity index (χ0v) is 10.0. The summed E-state index contributed by atoms with van der Waals surface area (Å²) in [5, 5.41) is 9.77. The molecule has 4 heteroatoms. The Bertz CT molecular complexity index is 585. The lowest BCUT2D eigenvalue weighted by atomic mass is 10.0. The van der Waals surface area contributed by atoms with E-state index in [1.807, 2.05) is 32.2 Å². The molecular weight excluding hydrogens is 216 g/mol. The molecule has 1 aromatic carbocycles. The lowest BCUT2D eigenvalue weighted by Gasteiger charge is -2.01. The van der Waals surface area contributed by atoms with E-state index in [1.54, 1.807) is 0 Å². The monoisotopic (exact) mass is 232 g/mol. The number of hydrogen-bond donors (Lipinski definition) is 2. The van der Waals surface area contributed by atoms with Crippen LogP contribution in [0.25, 0.3) is 10.9 Å². The van der Waals surface area contributed by atoms with Crippen LogP contribution in [0.5, 0.6) is 0 Å². The molecule has 0 aliphatic rings. The van der Waals surface area contributed by atoms with Crippen LogP contribution in [0, 0.1) is 6.92 Å². The van der Waals surface area contributed by atoms with Gasteiger partial charge in [-0.1, -0.05) is 6.07 Å². The summed E-state index contributed by atoms with van der Waals surface area (Å²) in [6.45, 7) is 2.00. The van der Waals surface area contributed by atoms with Crippen molar-refractivity contribution in [2.45, 2.75) is 19.8 Å². The third-order valence-corrected chi connectivity index (χ3v) is 3.27. The number of aliphatic carboxylic acids is 1. The Morgan fingerprint density at radius 1 is 1.47 bits per heavy atom. The fraction of sp³-hybridized carbons (Fsp3) is 0.308. The Kier molecular flexibility index (Phi) is 2.79. The Hall–Kier alpha value is -1.97. The molecule has 0 aliphatic carbocycles. The predicted molar refractivity (Wildman–Crippen MR) is 68.0 cm³/mol. The summed E-state index contributed by atoms with van der Waals surface area (Å²) < 4.78 is 2.06. The first-order valence-electron chi connectivity index (χ1n) is 5.56. The Morgan fingerprint density at radius 2 is 2.18 bits per heavy atom. The maximum Gasteiger partial charge on any atom is 0.303 e. The maximum atomic E-state index is 10.7. The van der Waals surface area contributed by atoms with Gasteiger partial charge >= 0.3 is 5.97 Å². The van der Waals surface area contributed by atoms with Crippen LogP contribution in [0.3, 0.4) is 0 Å². The molecule has 0 radical (unpaired) electrons. The van der Waals surface area contributed by atoms with Gasteiger partial charge < -0.3 is 15.4 Å². The summed E-state index contributed by atoms with van der Waals surface area (Å²) in [7, 11) is 1.97. The normalized spacial score (nSPS) is 10.9. The third kappa shape index (κ3) is 1.86. The number of carbonyl (C=O) groups is 1. The smallest absolute Gasteiger partial charge is 0.303 e. The molecule has 0 unspecified atom stereocenters. The Balaban J connectivity index is 2.60. The summed E-state index contributed by atoms with van der Waals surface area (Å²) in [6, 6.07) is 5.77. The van der Waals surface area contributed by atoms with Gasteiger partial charge in [-0.3, -0.25) is 4.79 Å². The van der Waals surface area contributed by atoms with Crippen molar-refractivity contribution in [3.63, 3.8) is 0 Å².